The molecule has 1 aliphatic rings. The summed E-state index contributed by atoms with van der Waals surface area (Å²) in [5.41, 5.74) is 0. The van der Waals surface area contributed by atoms with Gasteiger partial charge in [-0.25, -0.2) is 0 Å². The highest BCUT2D eigenvalue weighted by molar-refractivity contribution is 6.27. The molecule has 0 atom stereocenters. The van der Waals surface area contributed by atoms with Crippen molar-refractivity contribution in [2.45, 2.75) is 13.3 Å². The molecule has 1 fully saturated rings. The molecule has 4 heteroatoms. The Labute approximate surface area is 84.6 Å². The summed E-state index contributed by atoms with van der Waals surface area (Å²) in [7, 11) is 0. The average molecular weight is 205 g/mol. The summed E-state index contributed by atoms with van der Waals surface area (Å²) in [6, 6.07) is 0. The largest absolute Gasteiger partial charge is 0.339 e. The summed E-state index contributed by atoms with van der Waals surface area (Å²) >= 11 is 5.48. The van der Waals surface area contributed by atoms with Crippen molar-refractivity contribution in [1.82, 2.24) is 9.80 Å². The predicted molar refractivity (Wildman–Crippen MR) is 54.0 cm³/mol. The van der Waals surface area contributed by atoms with E-state index in [0.29, 0.717) is 0 Å². The van der Waals surface area contributed by atoms with Crippen LogP contribution in [0.4, 0.5) is 0 Å². The summed E-state index contributed by atoms with van der Waals surface area (Å²) in [5, 5.41) is 0. The Balaban J connectivity index is 2.26. The Morgan fingerprint density at radius 2 is 1.92 bits per heavy atom. The minimum atomic E-state index is 0.0674. The fourth-order valence-electron chi connectivity index (χ4n) is 1.62. The van der Waals surface area contributed by atoms with Gasteiger partial charge in [-0.05, 0) is 13.0 Å². The van der Waals surface area contributed by atoms with Gasteiger partial charge in [0.15, 0.2) is 0 Å². The van der Waals surface area contributed by atoms with Crippen LogP contribution in [0.1, 0.15) is 13.3 Å². The van der Waals surface area contributed by atoms with Gasteiger partial charge in [-0.3, -0.25) is 9.69 Å². The van der Waals surface area contributed by atoms with Crippen LogP contribution in [0, 0.1) is 0 Å². The van der Waals surface area contributed by atoms with Crippen molar-refractivity contribution in [2.24, 2.45) is 0 Å². The summed E-state index contributed by atoms with van der Waals surface area (Å²) in [4.78, 5) is 15.4. The van der Waals surface area contributed by atoms with E-state index < -0.39 is 0 Å². The molecule has 0 saturated carbocycles. The first-order valence-corrected chi connectivity index (χ1v) is 5.37. The molecule has 1 amide bonds. The maximum atomic E-state index is 11.2. The lowest BCUT2D eigenvalue weighted by atomic mass is 10.3. The zero-order chi connectivity index (χ0) is 9.68. The van der Waals surface area contributed by atoms with Crippen molar-refractivity contribution in [1.29, 1.82) is 0 Å². The molecule has 0 spiro atoms. The monoisotopic (exact) mass is 204 g/mol. The van der Waals surface area contributed by atoms with Crippen molar-refractivity contribution >= 4 is 17.5 Å². The molecule has 1 rings (SSSR count). The Morgan fingerprint density at radius 1 is 1.31 bits per heavy atom. The van der Waals surface area contributed by atoms with E-state index in [1.54, 1.807) is 0 Å². The highest BCUT2D eigenvalue weighted by atomic mass is 35.5. The number of amides is 1. The van der Waals surface area contributed by atoms with Gasteiger partial charge in [0.05, 0.1) is 0 Å². The Bertz CT molecular complexity index is 167. The number of alkyl halides is 1. The number of carbonyl (C=O) groups excluding carboxylic acids is 1. The highest BCUT2D eigenvalue weighted by Gasteiger charge is 2.19. The molecule has 0 aromatic carbocycles. The fraction of sp³-hybridized carbons (Fsp3) is 0.889. The van der Waals surface area contributed by atoms with E-state index >= 15 is 0 Å². The molecule has 0 aromatic rings. The van der Waals surface area contributed by atoms with Crippen LogP contribution in [0.25, 0.3) is 0 Å². The molecular weight excluding hydrogens is 188 g/mol. The normalized spacial score (nSPS) is 19.1. The number of rotatable bonds is 3. The number of piperazine rings is 1. The van der Waals surface area contributed by atoms with Crippen molar-refractivity contribution in [3.8, 4) is 0 Å². The maximum absolute atomic E-state index is 11.2. The topological polar surface area (TPSA) is 23.6 Å². The molecule has 0 unspecified atom stereocenters. The summed E-state index contributed by atoms with van der Waals surface area (Å²) in [6.07, 6.45) is 1.18. The van der Waals surface area contributed by atoms with Gasteiger partial charge in [-0.1, -0.05) is 6.92 Å². The first-order chi connectivity index (χ1) is 6.27. The van der Waals surface area contributed by atoms with E-state index in [1.165, 1.54) is 6.42 Å². The summed E-state index contributed by atoms with van der Waals surface area (Å²) in [5.74, 6) is 0.186. The van der Waals surface area contributed by atoms with Gasteiger partial charge in [0, 0.05) is 26.2 Å². The van der Waals surface area contributed by atoms with Gasteiger partial charge in [0.2, 0.25) is 5.91 Å². The van der Waals surface area contributed by atoms with Crippen molar-refractivity contribution in [3.05, 3.63) is 0 Å². The van der Waals surface area contributed by atoms with Crippen LogP contribution in [-0.2, 0) is 4.79 Å². The fourth-order valence-corrected chi connectivity index (χ4v) is 1.79. The lowest BCUT2D eigenvalue weighted by molar-refractivity contribution is -0.130. The molecule has 0 radical (unpaired) electrons. The molecule has 3 nitrogen and oxygen atoms in total. The van der Waals surface area contributed by atoms with Crippen molar-refractivity contribution in [3.63, 3.8) is 0 Å². The Morgan fingerprint density at radius 3 is 2.38 bits per heavy atom. The molecule has 1 saturated heterocycles. The number of halogens is 1. The third-order valence-electron chi connectivity index (χ3n) is 2.38. The number of nitrogens with zero attached hydrogens (tertiary/aromatic N) is 2. The van der Waals surface area contributed by atoms with Crippen LogP contribution in [0.5, 0.6) is 0 Å². The van der Waals surface area contributed by atoms with Crippen LogP contribution in [-0.4, -0.2) is 54.3 Å². The molecular formula is C9H17ClN2O. The smallest absolute Gasteiger partial charge is 0.237 e. The minimum Gasteiger partial charge on any atom is -0.339 e. The standard InChI is InChI=1S/C9H17ClN2O/c1-2-3-11-4-6-12(7-5-11)9(13)8-10/h2-8H2,1H3. The second-order valence-electron chi connectivity index (χ2n) is 3.36. The third-order valence-corrected chi connectivity index (χ3v) is 2.61. The number of carbonyl (C=O) groups is 1. The maximum Gasteiger partial charge on any atom is 0.237 e. The first-order valence-electron chi connectivity index (χ1n) is 4.84. The van der Waals surface area contributed by atoms with E-state index in [9.17, 15) is 4.79 Å². The van der Waals surface area contributed by atoms with Gasteiger partial charge in [0.25, 0.3) is 0 Å². The second kappa shape index (κ2) is 5.45. The van der Waals surface area contributed by atoms with Gasteiger partial charge in [0.1, 0.15) is 5.88 Å². The van der Waals surface area contributed by atoms with Crippen LogP contribution < -0.4 is 0 Å². The first kappa shape index (κ1) is 10.8. The lowest BCUT2D eigenvalue weighted by Crippen LogP contribution is -2.49. The Hall–Kier alpha value is -0.280. The van der Waals surface area contributed by atoms with E-state index in [-0.39, 0.29) is 11.8 Å². The molecule has 1 heterocycles. The molecule has 13 heavy (non-hydrogen) atoms. The number of hydrogen-bond donors (Lipinski definition) is 0. The van der Waals surface area contributed by atoms with Gasteiger partial charge < -0.3 is 4.90 Å². The van der Waals surface area contributed by atoms with Crippen LogP contribution in [0.3, 0.4) is 0 Å². The van der Waals surface area contributed by atoms with Crippen molar-refractivity contribution < 1.29 is 4.79 Å². The van der Waals surface area contributed by atoms with E-state index in [1.807, 2.05) is 4.90 Å². The van der Waals surface area contributed by atoms with E-state index in [2.05, 4.69) is 11.8 Å². The summed E-state index contributed by atoms with van der Waals surface area (Å²) in [6.45, 7) is 6.99. The van der Waals surface area contributed by atoms with Crippen LogP contribution in [0.2, 0.25) is 0 Å². The Kier molecular flexibility index (Phi) is 4.53. The quantitative estimate of drug-likeness (QED) is 0.635. The molecule has 1 aliphatic heterocycles. The van der Waals surface area contributed by atoms with Gasteiger partial charge in [-0.2, -0.15) is 0 Å². The van der Waals surface area contributed by atoms with Crippen molar-refractivity contribution in [2.75, 3.05) is 38.6 Å². The van der Waals surface area contributed by atoms with Crippen LogP contribution >= 0.6 is 11.6 Å². The van der Waals surface area contributed by atoms with Gasteiger partial charge >= 0.3 is 0 Å². The second-order valence-corrected chi connectivity index (χ2v) is 3.62. The predicted octanol–water partition coefficient (Wildman–Crippen LogP) is 0.779. The highest BCUT2D eigenvalue weighted by Crippen LogP contribution is 2.03. The minimum absolute atomic E-state index is 0.0674. The molecule has 0 aromatic heterocycles. The van der Waals surface area contributed by atoms with E-state index in [0.717, 1.165) is 32.7 Å². The van der Waals surface area contributed by atoms with Crippen LogP contribution in [0.15, 0.2) is 0 Å². The lowest BCUT2D eigenvalue weighted by Gasteiger charge is -2.34. The SMILES string of the molecule is CCCN1CCN(C(=O)CCl)CC1. The molecule has 0 N–H and O–H groups in total. The molecule has 76 valence electrons. The van der Waals surface area contributed by atoms with Gasteiger partial charge in [-0.15, -0.1) is 11.6 Å². The summed E-state index contributed by atoms with van der Waals surface area (Å²) < 4.78 is 0. The van der Waals surface area contributed by atoms with E-state index in [4.69, 9.17) is 11.6 Å². The number of hydrogen-bond acceptors (Lipinski definition) is 2. The third kappa shape index (κ3) is 3.16. The zero-order valence-electron chi connectivity index (χ0n) is 8.13. The average Bonchev–Trinajstić information content (AvgIpc) is 2.18. The zero-order valence-corrected chi connectivity index (χ0v) is 8.89. The molecule has 0 aliphatic carbocycles. The molecule has 0 bridgehead atoms.